The third-order valence-corrected chi connectivity index (χ3v) is 5.57. The van der Waals surface area contributed by atoms with Crippen LogP contribution in [-0.4, -0.2) is 59.8 Å². The summed E-state index contributed by atoms with van der Waals surface area (Å²) < 4.78 is 10.4. The van der Waals surface area contributed by atoms with Gasteiger partial charge in [-0.25, -0.2) is 9.59 Å². The highest BCUT2D eigenvalue weighted by atomic mass is 16.6. The number of hydrogen-bond donors (Lipinski definition) is 6. The van der Waals surface area contributed by atoms with Crippen LogP contribution in [0.15, 0.2) is 36.4 Å². The highest BCUT2D eigenvalue weighted by Gasteiger charge is 2.16. The third kappa shape index (κ3) is 13.5. The van der Waals surface area contributed by atoms with Crippen molar-refractivity contribution in [2.24, 2.45) is 0 Å². The lowest BCUT2D eigenvalue weighted by molar-refractivity contribution is 0.0516. The molecule has 0 radical (unpaired) electrons. The van der Waals surface area contributed by atoms with E-state index in [1.807, 2.05) is 65.8 Å². The van der Waals surface area contributed by atoms with Crippen molar-refractivity contribution in [2.45, 2.75) is 78.7 Å². The minimum absolute atomic E-state index is 0.218. The zero-order valence-electron chi connectivity index (χ0n) is 24.6. The molecule has 10 nitrogen and oxygen atoms in total. The molecule has 0 saturated heterocycles. The van der Waals surface area contributed by atoms with Crippen molar-refractivity contribution >= 4 is 12.2 Å². The van der Waals surface area contributed by atoms with Crippen LogP contribution in [0.3, 0.4) is 0 Å². The Labute approximate surface area is 237 Å². The van der Waals surface area contributed by atoms with Crippen LogP contribution in [0, 0.1) is 0 Å². The molecule has 0 aliphatic heterocycles. The molecule has 0 aliphatic carbocycles. The number of nitrogens with one attached hydrogen (secondary N) is 4. The Kier molecular flexibility index (Phi) is 12.5. The molecule has 6 N–H and O–H groups in total. The summed E-state index contributed by atoms with van der Waals surface area (Å²) in [5, 5.41) is 32.6. The predicted octanol–water partition coefficient (Wildman–Crippen LogP) is 4.11. The molecule has 0 unspecified atom stereocenters. The Morgan fingerprint density at radius 2 is 1.02 bits per heavy atom. The molecule has 222 valence electrons. The summed E-state index contributed by atoms with van der Waals surface area (Å²) in [5.74, 6) is 0.436. The van der Waals surface area contributed by atoms with Crippen LogP contribution in [0.1, 0.15) is 63.8 Å². The molecule has 0 saturated carbocycles. The number of benzene rings is 2. The first kappa shape index (κ1) is 32.7. The maximum absolute atomic E-state index is 11.7. The maximum atomic E-state index is 11.7. The molecular formula is C30H46N4O6. The molecule has 2 amide bonds. The number of ether oxygens (including phenoxy) is 2. The number of carbonyl (C=O) groups is 2. The SMILES string of the molecule is CC(C)(C)OC(=O)NCCNCc1ccc(CCc2ccc(CNCCNC(=O)OC(C)(C)C)c(O)c2)cc1O. The molecular weight excluding hydrogens is 512 g/mol. The molecule has 0 aromatic heterocycles. The van der Waals surface area contributed by atoms with E-state index in [2.05, 4.69) is 21.3 Å². The predicted molar refractivity (Wildman–Crippen MR) is 156 cm³/mol. The van der Waals surface area contributed by atoms with Gasteiger partial charge in [-0.3, -0.25) is 0 Å². The number of carbonyl (C=O) groups excluding carboxylic acids is 2. The molecule has 40 heavy (non-hydrogen) atoms. The molecule has 2 rings (SSSR count). The fourth-order valence-electron chi connectivity index (χ4n) is 3.70. The molecule has 2 aromatic carbocycles. The van der Waals surface area contributed by atoms with E-state index < -0.39 is 23.4 Å². The first-order valence-electron chi connectivity index (χ1n) is 13.7. The molecule has 0 spiro atoms. The Hall–Kier alpha value is -3.50. The fourth-order valence-corrected chi connectivity index (χ4v) is 3.70. The quantitative estimate of drug-likeness (QED) is 0.202. The molecule has 0 bridgehead atoms. The van der Waals surface area contributed by atoms with Gasteiger partial charge in [0, 0.05) is 50.4 Å². The van der Waals surface area contributed by atoms with Gasteiger partial charge in [0.25, 0.3) is 0 Å². The van der Waals surface area contributed by atoms with Gasteiger partial charge < -0.3 is 41.0 Å². The summed E-state index contributed by atoms with van der Waals surface area (Å²) >= 11 is 0. The van der Waals surface area contributed by atoms with E-state index in [-0.39, 0.29) is 11.5 Å². The van der Waals surface area contributed by atoms with Gasteiger partial charge >= 0.3 is 12.2 Å². The van der Waals surface area contributed by atoms with Gasteiger partial charge in [-0.1, -0.05) is 24.3 Å². The van der Waals surface area contributed by atoms with E-state index in [9.17, 15) is 19.8 Å². The van der Waals surface area contributed by atoms with Crippen LogP contribution >= 0.6 is 0 Å². The number of aromatic hydroxyl groups is 2. The monoisotopic (exact) mass is 558 g/mol. The number of hydrogen-bond acceptors (Lipinski definition) is 8. The zero-order valence-corrected chi connectivity index (χ0v) is 24.6. The lowest BCUT2D eigenvalue weighted by Crippen LogP contribution is -2.36. The third-order valence-electron chi connectivity index (χ3n) is 5.57. The van der Waals surface area contributed by atoms with E-state index in [1.54, 1.807) is 12.1 Å². The van der Waals surface area contributed by atoms with E-state index in [0.717, 1.165) is 22.3 Å². The van der Waals surface area contributed by atoms with Crippen LogP contribution in [0.5, 0.6) is 11.5 Å². The van der Waals surface area contributed by atoms with Gasteiger partial charge in [0.05, 0.1) is 0 Å². The molecule has 0 heterocycles. The largest absolute Gasteiger partial charge is 0.508 e. The second-order valence-electron chi connectivity index (χ2n) is 11.6. The van der Waals surface area contributed by atoms with Gasteiger partial charge in [-0.05, 0) is 77.6 Å². The number of alkyl carbamates (subject to hydrolysis) is 2. The summed E-state index contributed by atoms with van der Waals surface area (Å²) in [6.45, 7) is 13.8. The van der Waals surface area contributed by atoms with E-state index in [0.29, 0.717) is 52.1 Å². The average molecular weight is 559 g/mol. The second-order valence-corrected chi connectivity index (χ2v) is 11.6. The van der Waals surface area contributed by atoms with Crippen LogP contribution in [0.2, 0.25) is 0 Å². The Balaban J connectivity index is 1.70. The van der Waals surface area contributed by atoms with Crippen LogP contribution in [0.4, 0.5) is 9.59 Å². The van der Waals surface area contributed by atoms with Gasteiger partial charge in [0.1, 0.15) is 22.7 Å². The molecule has 0 aliphatic rings. The van der Waals surface area contributed by atoms with Gasteiger partial charge in [-0.15, -0.1) is 0 Å². The average Bonchev–Trinajstić information content (AvgIpc) is 2.82. The lowest BCUT2D eigenvalue weighted by atomic mass is 10.0. The van der Waals surface area contributed by atoms with E-state index in [4.69, 9.17) is 9.47 Å². The van der Waals surface area contributed by atoms with Crippen molar-refractivity contribution in [1.29, 1.82) is 0 Å². The summed E-state index contributed by atoms with van der Waals surface area (Å²) in [6, 6.07) is 11.3. The first-order chi connectivity index (χ1) is 18.7. The van der Waals surface area contributed by atoms with Crippen molar-refractivity contribution < 1.29 is 29.3 Å². The first-order valence-corrected chi connectivity index (χ1v) is 13.7. The number of rotatable bonds is 13. The lowest BCUT2D eigenvalue weighted by Gasteiger charge is -2.19. The minimum Gasteiger partial charge on any atom is -0.508 e. The Morgan fingerprint density at radius 3 is 1.35 bits per heavy atom. The highest BCUT2D eigenvalue weighted by molar-refractivity contribution is 5.67. The van der Waals surface area contributed by atoms with Crippen molar-refractivity contribution in [1.82, 2.24) is 21.3 Å². The highest BCUT2D eigenvalue weighted by Crippen LogP contribution is 2.22. The Bertz CT molecular complexity index is 1020. The molecule has 2 aromatic rings. The van der Waals surface area contributed by atoms with Crippen LogP contribution in [0.25, 0.3) is 0 Å². The van der Waals surface area contributed by atoms with Crippen molar-refractivity contribution in [2.75, 3.05) is 26.2 Å². The summed E-state index contributed by atoms with van der Waals surface area (Å²) in [6.07, 6.45) is 0.528. The number of aryl methyl sites for hydroxylation is 2. The van der Waals surface area contributed by atoms with Crippen molar-refractivity contribution in [3.63, 3.8) is 0 Å². The number of amides is 2. The number of phenols is 2. The summed E-state index contributed by atoms with van der Waals surface area (Å²) in [5.41, 5.74) is 2.48. The van der Waals surface area contributed by atoms with Crippen molar-refractivity contribution in [3.8, 4) is 11.5 Å². The molecule has 0 atom stereocenters. The fraction of sp³-hybridized carbons (Fsp3) is 0.533. The number of phenolic OH excluding ortho intramolecular Hbond substituents is 2. The topological polar surface area (TPSA) is 141 Å². The smallest absolute Gasteiger partial charge is 0.407 e. The van der Waals surface area contributed by atoms with Crippen molar-refractivity contribution in [3.05, 3.63) is 58.7 Å². The van der Waals surface area contributed by atoms with Crippen LogP contribution < -0.4 is 21.3 Å². The second kappa shape index (κ2) is 15.3. The zero-order chi connectivity index (χ0) is 29.8. The van der Waals surface area contributed by atoms with E-state index in [1.165, 1.54) is 0 Å². The minimum atomic E-state index is -0.531. The van der Waals surface area contributed by atoms with E-state index >= 15 is 0 Å². The van der Waals surface area contributed by atoms with Crippen LogP contribution in [-0.2, 0) is 35.4 Å². The van der Waals surface area contributed by atoms with Gasteiger partial charge in [0.15, 0.2) is 0 Å². The molecule has 10 heteroatoms. The maximum Gasteiger partial charge on any atom is 0.407 e. The normalized spacial score (nSPS) is 11.7. The standard InChI is InChI=1S/C30H46N4O6/c1-29(2,3)39-27(37)33-15-13-31-19-23-11-9-21(17-25(23)35)7-8-22-10-12-24(26(36)18-22)20-32-14-16-34-28(38)40-30(4,5)6/h9-12,17-18,31-32,35-36H,7-8,13-16,19-20H2,1-6H3,(H,33,37)(H,34,38). The summed E-state index contributed by atoms with van der Waals surface area (Å²) in [4.78, 5) is 23.3. The molecule has 0 fully saturated rings. The Morgan fingerprint density at radius 1 is 0.650 bits per heavy atom. The van der Waals surface area contributed by atoms with Gasteiger partial charge in [0.2, 0.25) is 0 Å². The van der Waals surface area contributed by atoms with Gasteiger partial charge in [-0.2, -0.15) is 0 Å². The summed E-state index contributed by atoms with van der Waals surface area (Å²) in [7, 11) is 0.